The molecule has 2 aliphatic rings. The van der Waals surface area contributed by atoms with Gasteiger partial charge in [-0.3, -0.25) is 9.69 Å². The van der Waals surface area contributed by atoms with E-state index >= 15 is 0 Å². The molecule has 3 rings (SSSR count). The Hall–Kier alpha value is -1.66. The third-order valence-corrected chi connectivity index (χ3v) is 4.71. The van der Waals surface area contributed by atoms with Crippen LogP contribution in [-0.4, -0.2) is 71.2 Å². The van der Waals surface area contributed by atoms with E-state index in [1.165, 1.54) is 0 Å². The molecule has 1 aliphatic heterocycles. The first kappa shape index (κ1) is 15.2. The molecule has 0 unspecified atom stereocenters. The highest BCUT2D eigenvalue weighted by Crippen LogP contribution is 2.25. The molecule has 0 radical (unpaired) electrons. The number of methoxy groups -OCH3 is 1. The molecule has 1 amide bonds. The van der Waals surface area contributed by atoms with Crippen LogP contribution in [0.2, 0.25) is 0 Å². The van der Waals surface area contributed by atoms with E-state index in [-0.39, 0.29) is 18.1 Å². The fourth-order valence-electron chi connectivity index (χ4n) is 3.41. The summed E-state index contributed by atoms with van der Waals surface area (Å²) in [5.41, 5.74) is 0.593. The molecule has 1 N–H and O–H groups in total. The second kappa shape index (κ2) is 6.62. The maximum absolute atomic E-state index is 12.5. The zero-order valence-corrected chi connectivity index (χ0v) is 12.9. The number of hydrogen-bond acceptors (Lipinski definition) is 5. The van der Waals surface area contributed by atoms with Crippen LogP contribution in [-0.2, 0) is 0 Å². The molecule has 0 aromatic carbocycles. The van der Waals surface area contributed by atoms with E-state index in [1.54, 1.807) is 25.4 Å². The number of nitrogens with zero attached hydrogens (tertiary/aromatic N) is 3. The fourth-order valence-corrected chi connectivity index (χ4v) is 3.41. The molecular weight excluding hydrogens is 282 g/mol. The number of amides is 1. The lowest BCUT2D eigenvalue weighted by atomic mass is 10.1. The Morgan fingerprint density at radius 3 is 2.59 bits per heavy atom. The molecule has 0 spiro atoms. The Morgan fingerprint density at radius 2 is 2.05 bits per heavy atom. The smallest absolute Gasteiger partial charge is 0.255 e. The first-order valence-electron chi connectivity index (χ1n) is 7.90. The van der Waals surface area contributed by atoms with E-state index in [2.05, 4.69) is 9.88 Å². The standard InChI is InChI=1S/C16H23N3O3/c1-22-15-6-5-12(11-17-15)16(21)19-9-7-18(8-10-19)13-3-2-4-14(13)20/h5-6,11,13-14,20H,2-4,7-10H2,1H3/t13-,14+/m1/s1. The number of ether oxygens (including phenoxy) is 1. The van der Waals surface area contributed by atoms with E-state index in [9.17, 15) is 9.90 Å². The highest BCUT2D eigenvalue weighted by atomic mass is 16.5. The highest BCUT2D eigenvalue weighted by Gasteiger charge is 2.33. The van der Waals surface area contributed by atoms with Gasteiger partial charge in [-0.05, 0) is 25.3 Å². The van der Waals surface area contributed by atoms with Crippen molar-refractivity contribution in [3.63, 3.8) is 0 Å². The Kier molecular flexibility index (Phi) is 4.59. The number of hydrogen-bond donors (Lipinski definition) is 1. The first-order valence-corrected chi connectivity index (χ1v) is 7.90. The van der Waals surface area contributed by atoms with Gasteiger partial charge >= 0.3 is 0 Å². The van der Waals surface area contributed by atoms with Gasteiger partial charge in [-0.25, -0.2) is 4.98 Å². The number of aliphatic hydroxyl groups excluding tert-OH is 1. The van der Waals surface area contributed by atoms with Crippen molar-refractivity contribution in [1.29, 1.82) is 0 Å². The molecule has 2 fully saturated rings. The van der Waals surface area contributed by atoms with Gasteiger partial charge in [0, 0.05) is 44.5 Å². The Labute approximate surface area is 130 Å². The molecule has 120 valence electrons. The van der Waals surface area contributed by atoms with Crippen molar-refractivity contribution in [2.45, 2.75) is 31.4 Å². The van der Waals surface area contributed by atoms with Gasteiger partial charge in [0.15, 0.2) is 0 Å². The minimum absolute atomic E-state index is 0.0155. The summed E-state index contributed by atoms with van der Waals surface area (Å²) < 4.78 is 5.01. The minimum Gasteiger partial charge on any atom is -0.481 e. The third-order valence-electron chi connectivity index (χ3n) is 4.71. The van der Waals surface area contributed by atoms with Crippen molar-refractivity contribution < 1.29 is 14.6 Å². The molecule has 1 saturated carbocycles. The summed E-state index contributed by atoms with van der Waals surface area (Å²) in [6, 6.07) is 3.74. The highest BCUT2D eigenvalue weighted by molar-refractivity contribution is 5.94. The molecule has 0 bridgehead atoms. The van der Waals surface area contributed by atoms with Crippen LogP contribution < -0.4 is 4.74 Å². The van der Waals surface area contributed by atoms with Crippen LogP contribution in [0.1, 0.15) is 29.6 Å². The Morgan fingerprint density at radius 1 is 1.27 bits per heavy atom. The largest absolute Gasteiger partial charge is 0.481 e. The predicted molar refractivity (Wildman–Crippen MR) is 81.9 cm³/mol. The SMILES string of the molecule is COc1ccc(C(=O)N2CCN([C@@H]3CCC[C@@H]3O)CC2)cn1. The zero-order chi connectivity index (χ0) is 15.5. The molecule has 1 aromatic heterocycles. The van der Waals surface area contributed by atoms with Crippen LogP contribution >= 0.6 is 0 Å². The maximum atomic E-state index is 12.5. The molecule has 2 heterocycles. The van der Waals surface area contributed by atoms with Crippen LogP contribution in [0.25, 0.3) is 0 Å². The molecule has 2 atom stereocenters. The Bertz CT molecular complexity index is 512. The molecular formula is C16H23N3O3. The number of aliphatic hydroxyl groups is 1. The number of piperazine rings is 1. The molecule has 22 heavy (non-hydrogen) atoms. The van der Waals surface area contributed by atoms with Gasteiger partial charge in [0.25, 0.3) is 5.91 Å². The van der Waals surface area contributed by atoms with Crippen LogP contribution in [0.15, 0.2) is 18.3 Å². The van der Waals surface area contributed by atoms with E-state index in [4.69, 9.17) is 4.74 Å². The number of carbonyl (C=O) groups is 1. The van der Waals surface area contributed by atoms with Crippen LogP contribution in [0.4, 0.5) is 0 Å². The normalized spacial score (nSPS) is 26.2. The van der Waals surface area contributed by atoms with E-state index in [0.717, 1.165) is 32.4 Å². The van der Waals surface area contributed by atoms with Crippen molar-refractivity contribution in [3.05, 3.63) is 23.9 Å². The number of rotatable bonds is 3. The Balaban J connectivity index is 1.57. The lowest BCUT2D eigenvalue weighted by Gasteiger charge is -2.39. The lowest BCUT2D eigenvalue weighted by molar-refractivity contribution is 0.0315. The van der Waals surface area contributed by atoms with Crippen molar-refractivity contribution in [2.24, 2.45) is 0 Å². The summed E-state index contributed by atoms with van der Waals surface area (Å²) in [6.45, 7) is 3.07. The topological polar surface area (TPSA) is 65.9 Å². The number of aromatic nitrogens is 1. The van der Waals surface area contributed by atoms with Crippen LogP contribution in [0.5, 0.6) is 5.88 Å². The molecule has 1 aromatic rings. The summed E-state index contributed by atoms with van der Waals surface area (Å²) in [5, 5.41) is 10.0. The quantitative estimate of drug-likeness (QED) is 0.893. The summed E-state index contributed by atoms with van der Waals surface area (Å²) in [5.74, 6) is 0.526. The average molecular weight is 305 g/mol. The second-order valence-electron chi connectivity index (χ2n) is 5.98. The summed E-state index contributed by atoms with van der Waals surface area (Å²) in [4.78, 5) is 20.7. The summed E-state index contributed by atoms with van der Waals surface area (Å²) >= 11 is 0. The van der Waals surface area contributed by atoms with Crippen molar-refractivity contribution >= 4 is 5.91 Å². The van der Waals surface area contributed by atoms with Gasteiger partial charge in [-0.2, -0.15) is 0 Å². The molecule has 6 heteroatoms. The monoisotopic (exact) mass is 305 g/mol. The van der Waals surface area contributed by atoms with E-state index in [1.807, 2.05) is 4.90 Å². The lowest BCUT2D eigenvalue weighted by Crippen LogP contribution is -2.53. The summed E-state index contributed by atoms with van der Waals surface area (Å²) in [6.07, 6.45) is 4.43. The van der Waals surface area contributed by atoms with Gasteiger partial charge in [0.1, 0.15) is 0 Å². The van der Waals surface area contributed by atoms with E-state index < -0.39 is 0 Å². The third kappa shape index (κ3) is 3.08. The minimum atomic E-state index is -0.201. The number of pyridine rings is 1. The average Bonchev–Trinajstić information content (AvgIpc) is 3.00. The maximum Gasteiger partial charge on any atom is 0.255 e. The van der Waals surface area contributed by atoms with Gasteiger partial charge in [0.05, 0.1) is 18.8 Å². The van der Waals surface area contributed by atoms with Crippen molar-refractivity contribution in [2.75, 3.05) is 33.3 Å². The molecule has 1 aliphatic carbocycles. The summed E-state index contributed by atoms with van der Waals surface area (Å²) in [7, 11) is 1.56. The fraction of sp³-hybridized carbons (Fsp3) is 0.625. The van der Waals surface area contributed by atoms with Crippen LogP contribution in [0, 0.1) is 0 Å². The second-order valence-corrected chi connectivity index (χ2v) is 5.98. The number of carbonyl (C=O) groups excluding carboxylic acids is 1. The van der Waals surface area contributed by atoms with Gasteiger partial charge < -0.3 is 14.7 Å². The van der Waals surface area contributed by atoms with Crippen LogP contribution in [0.3, 0.4) is 0 Å². The molecule has 6 nitrogen and oxygen atoms in total. The van der Waals surface area contributed by atoms with Gasteiger partial charge in [-0.15, -0.1) is 0 Å². The van der Waals surface area contributed by atoms with Crippen molar-refractivity contribution in [3.8, 4) is 5.88 Å². The molecule has 1 saturated heterocycles. The predicted octanol–water partition coefficient (Wildman–Crippen LogP) is 0.761. The first-order chi connectivity index (χ1) is 10.7. The van der Waals surface area contributed by atoms with Crippen molar-refractivity contribution in [1.82, 2.24) is 14.8 Å². The zero-order valence-electron chi connectivity index (χ0n) is 12.9. The van der Waals surface area contributed by atoms with Gasteiger partial charge in [-0.1, -0.05) is 0 Å². The van der Waals surface area contributed by atoms with E-state index in [0.29, 0.717) is 24.5 Å². The van der Waals surface area contributed by atoms with Gasteiger partial charge in [0.2, 0.25) is 5.88 Å².